The van der Waals surface area contributed by atoms with E-state index in [0.29, 0.717) is 19.4 Å². The molecule has 0 bridgehead atoms. The van der Waals surface area contributed by atoms with Gasteiger partial charge in [0.05, 0.1) is 5.56 Å². The fourth-order valence-corrected chi connectivity index (χ4v) is 3.33. The van der Waals surface area contributed by atoms with E-state index in [1.807, 2.05) is 68.4 Å². The molecule has 3 rings (SSSR count). The molecule has 0 aliphatic rings. The van der Waals surface area contributed by atoms with Crippen molar-refractivity contribution in [2.24, 2.45) is 0 Å². The maximum atomic E-state index is 12.9. The fourth-order valence-electron chi connectivity index (χ4n) is 3.33. The minimum atomic E-state index is -0.757. The quantitative estimate of drug-likeness (QED) is 0.524. The number of phenols is 1. The summed E-state index contributed by atoms with van der Waals surface area (Å²) in [5.74, 6) is -0.839. The van der Waals surface area contributed by atoms with Crippen LogP contribution in [0.3, 0.4) is 0 Å². The van der Waals surface area contributed by atoms with Crippen molar-refractivity contribution in [1.29, 1.82) is 0 Å². The summed E-state index contributed by atoms with van der Waals surface area (Å²) in [6.07, 6.45) is 1.06. The number of benzene rings is 3. The first-order valence-corrected chi connectivity index (χ1v) is 10.4. The van der Waals surface area contributed by atoms with Gasteiger partial charge in [0.25, 0.3) is 5.91 Å². The van der Waals surface area contributed by atoms with E-state index in [0.717, 1.165) is 16.7 Å². The number of rotatable bonds is 8. The van der Waals surface area contributed by atoms with Gasteiger partial charge in [-0.1, -0.05) is 71.8 Å². The van der Waals surface area contributed by atoms with E-state index in [4.69, 9.17) is 0 Å². The van der Waals surface area contributed by atoms with Gasteiger partial charge in [0.2, 0.25) is 5.91 Å². The molecule has 5 nitrogen and oxygen atoms in total. The maximum Gasteiger partial charge on any atom is 0.255 e. The normalized spacial score (nSPS) is 11.5. The molecule has 0 aromatic heterocycles. The third-order valence-electron chi connectivity index (χ3n) is 5.13. The second kappa shape index (κ2) is 10.4. The lowest BCUT2D eigenvalue weighted by molar-refractivity contribution is -0.122. The van der Waals surface area contributed by atoms with Gasteiger partial charge in [-0.2, -0.15) is 0 Å². The molecule has 5 heteroatoms. The Labute approximate surface area is 183 Å². The Morgan fingerprint density at radius 1 is 0.871 bits per heavy atom. The number of aryl methyl sites for hydroxylation is 2. The molecule has 3 aromatic carbocycles. The minimum absolute atomic E-state index is 0.110. The van der Waals surface area contributed by atoms with Crippen LogP contribution in [0.2, 0.25) is 0 Å². The molecule has 2 amide bonds. The van der Waals surface area contributed by atoms with Crippen molar-refractivity contribution >= 4 is 11.8 Å². The molecule has 31 heavy (non-hydrogen) atoms. The van der Waals surface area contributed by atoms with Crippen LogP contribution in [0, 0.1) is 13.8 Å². The van der Waals surface area contributed by atoms with Gasteiger partial charge < -0.3 is 15.7 Å². The smallest absolute Gasteiger partial charge is 0.255 e. The zero-order valence-electron chi connectivity index (χ0n) is 17.9. The van der Waals surface area contributed by atoms with Crippen LogP contribution in [-0.2, 0) is 17.6 Å². The zero-order chi connectivity index (χ0) is 22.2. The molecule has 0 spiro atoms. The van der Waals surface area contributed by atoms with Gasteiger partial charge >= 0.3 is 0 Å². The summed E-state index contributed by atoms with van der Waals surface area (Å²) in [6, 6.07) is 21.8. The highest BCUT2D eigenvalue weighted by Gasteiger charge is 2.23. The Morgan fingerprint density at radius 3 is 2.26 bits per heavy atom. The lowest BCUT2D eigenvalue weighted by Crippen LogP contribution is -2.48. The van der Waals surface area contributed by atoms with Gasteiger partial charge in [0.1, 0.15) is 11.8 Å². The Morgan fingerprint density at radius 2 is 1.55 bits per heavy atom. The zero-order valence-corrected chi connectivity index (χ0v) is 17.9. The third-order valence-corrected chi connectivity index (χ3v) is 5.13. The largest absolute Gasteiger partial charge is 0.507 e. The first-order chi connectivity index (χ1) is 14.9. The van der Waals surface area contributed by atoms with Crippen molar-refractivity contribution in [3.8, 4) is 5.75 Å². The second-order valence-electron chi connectivity index (χ2n) is 7.76. The third kappa shape index (κ3) is 6.44. The Balaban J connectivity index is 1.69. The lowest BCUT2D eigenvalue weighted by atomic mass is 10.0. The molecule has 0 saturated carbocycles. The molecule has 0 radical (unpaired) electrons. The van der Waals surface area contributed by atoms with Crippen molar-refractivity contribution in [3.05, 3.63) is 101 Å². The Kier molecular flexibility index (Phi) is 7.44. The minimum Gasteiger partial charge on any atom is -0.507 e. The van der Waals surface area contributed by atoms with Gasteiger partial charge in [-0.3, -0.25) is 9.59 Å². The Hall–Kier alpha value is -3.60. The molecular formula is C26H28N2O3. The number of aromatic hydroxyl groups is 1. The van der Waals surface area contributed by atoms with Gasteiger partial charge in [0.15, 0.2) is 0 Å². The molecule has 160 valence electrons. The van der Waals surface area contributed by atoms with E-state index in [-0.39, 0.29) is 17.2 Å². The van der Waals surface area contributed by atoms with Crippen LogP contribution >= 0.6 is 0 Å². The number of nitrogens with one attached hydrogen (secondary N) is 2. The van der Waals surface area contributed by atoms with Crippen LogP contribution in [0.4, 0.5) is 0 Å². The summed E-state index contributed by atoms with van der Waals surface area (Å²) in [5.41, 5.74) is 4.28. The van der Waals surface area contributed by atoms with Crippen LogP contribution in [0.1, 0.15) is 32.6 Å². The van der Waals surface area contributed by atoms with E-state index >= 15 is 0 Å². The van der Waals surface area contributed by atoms with Gasteiger partial charge in [-0.25, -0.2) is 0 Å². The predicted octanol–water partition coefficient (Wildman–Crippen LogP) is 3.71. The summed E-state index contributed by atoms with van der Waals surface area (Å²) in [6.45, 7) is 4.35. The van der Waals surface area contributed by atoms with Crippen LogP contribution in [0.5, 0.6) is 5.75 Å². The van der Waals surface area contributed by atoms with Gasteiger partial charge in [0, 0.05) is 13.0 Å². The number of carbonyl (C=O) groups is 2. The van der Waals surface area contributed by atoms with Crippen molar-refractivity contribution in [2.45, 2.75) is 32.7 Å². The Bertz CT molecular complexity index is 1030. The summed E-state index contributed by atoms with van der Waals surface area (Å²) in [5, 5.41) is 15.8. The molecule has 0 fully saturated rings. The monoisotopic (exact) mass is 416 g/mol. The van der Waals surface area contributed by atoms with Crippen LogP contribution in [-0.4, -0.2) is 29.5 Å². The fraction of sp³-hybridized carbons (Fsp3) is 0.231. The summed E-state index contributed by atoms with van der Waals surface area (Å²) in [4.78, 5) is 25.7. The van der Waals surface area contributed by atoms with Crippen molar-refractivity contribution in [1.82, 2.24) is 10.6 Å². The molecule has 0 aliphatic heterocycles. The maximum absolute atomic E-state index is 12.9. The summed E-state index contributed by atoms with van der Waals surface area (Å²) >= 11 is 0. The molecule has 3 aromatic rings. The topological polar surface area (TPSA) is 78.4 Å². The highest BCUT2D eigenvalue weighted by Crippen LogP contribution is 2.18. The van der Waals surface area contributed by atoms with Crippen LogP contribution < -0.4 is 10.6 Å². The number of hydrogen-bond donors (Lipinski definition) is 3. The molecule has 0 aliphatic carbocycles. The average molecular weight is 417 g/mol. The molecule has 1 atom stereocenters. The van der Waals surface area contributed by atoms with Crippen molar-refractivity contribution in [3.63, 3.8) is 0 Å². The SMILES string of the molecule is Cc1ccc(CCNC(=O)[C@H](Cc2ccccc2)NC(=O)c2cc(C)ccc2O)cc1. The van der Waals surface area contributed by atoms with Gasteiger partial charge in [-0.05, 0) is 43.5 Å². The molecule has 0 heterocycles. The summed E-state index contributed by atoms with van der Waals surface area (Å²) < 4.78 is 0. The summed E-state index contributed by atoms with van der Waals surface area (Å²) in [7, 11) is 0. The number of carbonyl (C=O) groups excluding carboxylic acids is 2. The van der Waals surface area contributed by atoms with E-state index in [9.17, 15) is 14.7 Å². The highest BCUT2D eigenvalue weighted by molar-refractivity contribution is 5.99. The molecule has 0 saturated heterocycles. The molecule has 3 N–H and O–H groups in total. The average Bonchev–Trinajstić information content (AvgIpc) is 2.77. The highest BCUT2D eigenvalue weighted by atomic mass is 16.3. The predicted molar refractivity (Wildman–Crippen MR) is 122 cm³/mol. The van der Waals surface area contributed by atoms with E-state index < -0.39 is 11.9 Å². The van der Waals surface area contributed by atoms with Crippen LogP contribution in [0.15, 0.2) is 72.8 Å². The first-order valence-electron chi connectivity index (χ1n) is 10.4. The van der Waals surface area contributed by atoms with E-state index in [1.54, 1.807) is 12.1 Å². The first kappa shape index (κ1) is 22.1. The standard InChI is InChI=1S/C26H28N2O3/c1-18-8-11-20(12-9-18)14-15-27-26(31)23(17-21-6-4-3-5-7-21)28-25(30)22-16-19(2)10-13-24(22)29/h3-13,16,23,29H,14-15,17H2,1-2H3,(H,27,31)(H,28,30)/t23-/m0/s1. The van der Waals surface area contributed by atoms with Crippen LogP contribution in [0.25, 0.3) is 0 Å². The van der Waals surface area contributed by atoms with E-state index in [2.05, 4.69) is 10.6 Å². The van der Waals surface area contributed by atoms with Crippen molar-refractivity contribution < 1.29 is 14.7 Å². The number of amides is 2. The van der Waals surface area contributed by atoms with Crippen molar-refractivity contribution in [2.75, 3.05) is 6.54 Å². The molecular weight excluding hydrogens is 388 g/mol. The second-order valence-corrected chi connectivity index (χ2v) is 7.76. The lowest BCUT2D eigenvalue weighted by Gasteiger charge is -2.19. The number of hydrogen-bond acceptors (Lipinski definition) is 3. The number of phenolic OH excluding ortho intramolecular Hbond substituents is 1. The van der Waals surface area contributed by atoms with E-state index in [1.165, 1.54) is 11.6 Å². The van der Waals surface area contributed by atoms with Gasteiger partial charge in [-0.15, -0.1) is 0 Å². The molecule has 0 unspecified atom stereocenters.